The Hall–Kier alpha value is -6.56. The van der Waals surface area contributed by atoms with Gasteiger partial charge >= 0.3 is 0 Å². The van der Waals surface area contributed by atoms with Crippen LogP contribution in [0.4, 0.5) is 0 Å². The number of thiophene rings is 1. The lowest BCUT2D eigenvalue weighted by Crippen LogP contribution is -2.50. The Morgan fingerprint density at radius 2 is 1.66 bits per heavy atom. The molecule has 2 aromatic carbocycles. The maximum absolute atomic E-state index is 14.7. The van der Waals surface area contributed by atoms with Gasteiger partial charge in [0.25, 0.3) is 0 Å². The summed E-state index contributed by atoms with van der Waals surface area (Å²) >= 11 is 9.58. The Morgan fingerprint density at radius 1 is 0.918 bits per heavy atom. The third-order valence-electron chi connectivity index (χ3n) is 14.3. The number of aliphatic imine (C=N–C) groups is 1. The second-order valence-corrected chi connectivity index (χ2v) is 23.4. The molecular weight excluding hydrogens is 978 g/mol. The number of likely N-dealkylation sites (tertiary alicyclic amines) is 1. The monoisotopic (exact) mass is 1040 g/mol. The van der Waals surface area contributed by atoms with Crippen LogP contribution in [0.25, 0.3) is 26.6 Å². The van der Waals surface area contributed by atoms with Crippen molar-refractivity contribution in [3.8, 4) is 32.4 Å². The number of carbonyl (C=O) groups is 3. The number of benzene rings is 2. The van der Waals surface area contributed by atoms with Crippen LogP contribution in [-0.4, -0.2) is 87.6 Å². The van der Waals surface area contributed by atoms with Crippen LogP contribution in [0.15, 0.2) is 89.8 Å². The van der Waals surface area contributed by atoms with Crippen LogP contribution >= 0.6 is 34.3 Å². The molecule has 5 atom stereocenters. The number of thiazole rings is 1. The third kappa shape index (κ3) is 10.1. The normalized spacial score (nSPS) is 20.3. The number of nitrogens with zero attached hydrogens (tertiary/aromatic N) is 9. The summed E-state index contributed by atoms with van der Waals surface area (Å²) in [5, 5.41) is 21.8. The molecule has 2 fully saturated rings. The van der Waals surface area contributed by atoms with E-state index in [9.17, 15) is 14.4 Å². The summed E-state index contributed by atoms with van der Waals surface area (Å²) in [7, 11) is 0. The van der Waals surface area contributed by atoms with Crippen molar-refractivity contribution in [1.82, 2.24) is 50.0 Å². The van der Waals surface area contributed by atoms with Gasteiger partial charge in [-0.3, -0.25) is 28.6 Å². The van der Waals surface area contributed by atoms with Crippen molar-refractivity contribution in [3.05, 3.63) is 134 Å². The van der Waals surface area contributed by atoms with E-state index in [1.54, 1.807) is 44.6 Å². The molecule has 1 saturated carbocycles. The van der Waals surface area contributed by atoms with Crippen molar-refractivity contribution in [2.24, 2.45) is 16.3 Å². The number of amides is 3. The van der Waals surface area contributed by atoms with Crippen LogP contribution in [-0.2, 0) is 14.4 Å². The van der Waals surface area contributed by atoms with E-state index in [-0.39, 0.29) is 48.2 Å². The van der Waals surface area contributed by atoms with Gasteiger partial charge in [0.15, 0.2) is 5.82 Å². The lowest BCUT2D eigenvalue weighted by atomic mass is 9.85. The van der Waals surface area contributed by atoms with Gasteiger partial charge < -0.3 is 20.3 Å². The number of hydrogen-bond donors (Lipinski definition) is 2. The molecular formula is C55H60ClN11O4S2. The van der Waals surface area contributed by atoms with Gasteiger partial charge in [-0.2, -0.15) is 5.10 Å². The van der Waals surface area contributed by atoms with Gasteiger partial charge in [0.05, 0.1) is 40.5 Å². The number of pyridine rings is 1. The number of ether oxygens (including phenoxy) is 1. The zero-order valence-corrected chi connectivity index (χ0v) is 44.9. The Balaban J connectivity index is 0.772. The molecule has 15 nitrogen and oxygen atoms in total. The van der Waals surface area contributed by atoms with E-state index in [1.807, 2.05) is 106 Å². The molecule has 378 valence electrons. The van der Waals surface area contributed by atoms with E-state index in [0.29, 0.717) is 42.5 Å². The molecule has 2 N–H and O–H groups in total. The lowest BCUT2D eigenvalue weighted by Gasteiger charge is -2.35. The Labute approximate surface area is 438 Å². The Morgan fingerprint density at radius 3 is 2.37 bits per heavy atom. The summed E-state index contributed by atoms with van der Waals surface area (Å²) in [5.74, 6) is 1.54. The summed E-state index contributed by atoms with van der Waals surface area (Å²) < 4.78 is 10.1. The van der Waals surface area contributed by atoms with Crippen molar-refractivity contribution >= 4 is 57.7 Å². The molecule has 3 aliphatic rings. The number of carbonyl (C=O) groups excluding carboxylic acids is 3. The van der Waals surface area contributed by atoms with E-state index < -0.39 is 23.5 Å². The van der Waals surface area contributed by atoms with Gasteiger partial charge in [-0.1, -0.05) is 75.7 Å². The number of halogens is 1. The molecule has 2 aliphatic heterocycles. The summed E-state index contributed by atoms with van der Waals surface area (Å²) in [4.78, 5) is 60.8. The number of aryl methyl sites for hydroxylation is 3. The fraction of sp³-hybridized carbons (Fsp3) is 0.400. The fourth-order valence-corrected chi connectivity index (χ4v) is 12.4. The molecule has 0 spiro atoms. The van der Waals surface area contributed by atoms with E-state index in [1.165, 1.54) is 4.88 Å². The van der Waals surface area contributed by atoms with Gasteiger partial charge in [0, 0.05) is 70.5 Å². The molecule has 0 bridgehead atoms. The van der Waals surface area contributed by atoms with Crippen LogP contribution in [0, 0.1) is 39.0 Å². The van der Waals surface area contributed by atoms with Gasteiger partial charge in [-0.25, -0.2) is 9.97 Å². The molecule has 1 aliphatic carbocycles. The molecule has 7 aromatic rings. The standard InChI is InChI=1S/C55H60ClN11O4S2/c1-29-20-44(52(69)60-31(3)35-10-12-37(13-11-35)49-32(4)58-28-72-49)65(26-29)53(70)50(55(7,8)9)66-27-39(25-59-66)38-18-19-57-46(21-38)71-42-22-41(23-42)61-45(68)24-43-51-64-63-34(6)67(51)54-47(30(2)33(5)73-54)48(62-43)36-14-16-40(56)17-15-36/h10-19,21,25,27-29,31,41-44,50H,20,22-24,26H2,1-9H3,(H,60,69)(H,61,68)/t29-,31+,41?,42?,43+,44+,50+/m1/s1. The predicted molar refractivity (Wildman–Crippen MR) is 286 cm³/mol. The minimum Gasteiger partial charge on any atom is -0.474 e. The molecule has 1 saturated heterocycles. The van der Waals surface area contributed by atoms with Crippen LogP contribution in [0.2, 0.25) is 5.02 Å². The second-order valence-electron chi connectivity index (χ2n) is 20.9. The highest BCUT2D eigenvalue weighted by atomic mass is 35.5. The van der Waals surface area contributed by atoms with E-state index in [4.69, 9.17) is 26.4 Å². The maximum Gasteiger partial charge on any atom is 0.248 e. The second kappa shape index (κ2) is 20.0. The topological polar surface area (TPSA) is 174 Å². The lowest BCUT2D eigenvalue weighted by molar-refractivity contribution is -0.144. The molecule has 5 aromatic heterocycles. The summed E-state index contributed by atoms with van der Waals surface area (Å²) in [6.45, 7) is 18.7. The molecule has 0 unspecified atom stereocenters. The molecule has 10 rings (SSSR count). The smallest absolute Gasteiger partial charge is 0.248 e. The molecule has 73 heavy (non-hydrogen) atoms. The van der Waals surface area contributed by atoms with Crippen molar-refractivity contribution < 1.29 is 19.1 Å². The summed E-state index contributed by atoms with van der Waals surface area (Å²) in [6, 6.07) is 17.5. The van der Waals surface area contributed by atoms with Crippen LogP contribution in [0.5, 0.6) is 5.88 Å². The predicted octanol–water partition coefficient (Wildman–Crippen LogP) is 10.3. The third-order valence-corrected chi connectivity index (χ3v) is 16.8. The maximum atomic E-state index is 14.7. The molecule has 0 radical (unpaired) electrons. The van der Waals surface area contributed by atoms with E-state index in [0.717, 1.165) is 66.1 Å². The van der Waals surface area contributed by atoms with Crippen LogP contribution in [0.3, 0.4) is 0 Å². The van der Waals surface area contributed by atoms with E-state index >= 15 is 0 Å². The van der Waals surface area contributed by atoms with Gasteiger partial charge in [-0.15, -0.1) is 32.9 Å². The average molecular weight is 1040 g/mol. The largest absolute Gasteiger partial charge is 0.474 e. The van der Waals surface area contributed by atoms with Crippen molar-refractivity contribution in [2.75, 3.05) is 6.54 Å². The zero-order chi connectivity index (χ0) is 51.5. The summed E-state index contributed by atoms with van der Waals surface area (Å²) in [5.41, 5.74) is 9.89. The first-order valence-electron chi connectivity index (χ1n) is 24.8. The quantitative estimate of drug-likeness (QED) is 0.114. The average Bonchev–Trinajstić information content (AvgIpc) is 4.19. The fourth-order valence-electron chi connectivity index (χ4n) is 10.3. The number of fused-ring (bicyclic) bond motifs is 3. The first-order valence-corrected chi connectivity index (χ1v) is 26.9. The highest BCUT2D eigenvalue weighted by Gasteiger charge is 2.45. The van der Waals surface area contributed by atoms with E-state index in [2.05, 4.69) is 63.7 Å². The number of rotatable bonds is 13. The number of hydrogen-bond acceptors (Lipinski definition) is 12. The summed E-state index contributed by atoms with van der Waals surface area (Å²) in [6.07, 6.45) is 7.11. The van der Waals surface area contributed by atoms with Gasteiger partial charge in [0.2, 0.25) is 23.6 Å². The van der Waals surface area contributed by atoms with Crippen molar-refractivity contribution in [1.29, 1.82) is 0 Å². The Kier molecular flexibility index (Phi) is 13.7. The zero-order valence-electron chi connectivity index (χ0n) is 42.5. The minimum absolute atomic E-state index is 0.0772. The number of nitrogens with one attached hydrogen (secondary N) is 2. The highest BCUT2D eigenvalue weighted by Crippen LogP contribution is 2.41. The van der Waals surface area contributed by atoms with Crippen molar-refractivity contribution in [3.63, 3.8) is 0 Å². The highest BCUT2D eigenvalue weighted by molar-refractivity contribution is 7.15. The Bertz CT molecular complexity index is 3240. The van der Waals surface area contributed by atoms with Crippen LogP contribution < -0.4 is 15.4 Å². The van der Waals surface area contributed by atoms with Crippen molar-refractivity contribution in [2.45, 2.75) is 124 Å². The van der Waals surface area contributed by atoms with Gasteiger partial charge in [-0.05, 0) is 92.8 Å². The van der Waals surface area contributed by atoms with Crippen LogP contribution in [0.1, 0.15) is 123 Å². The van der Waals surface area contributed by atoms with Gasteiger partial charge in [0.1, 0.15) is 35.1 Å². The first-order chi connectivity index (χ1) is 34.9. The minimum atomic E-state index is -0.675. The molecule has 7 heterocycles. The SMILES string of the molecule is Cc1ncsc1-c1ccc([C@H](C)NC(=O)[C@@H]2C[C@@H](C)CN2C(=O)[C@H](n2cc(-c3ccnc(OC4CC(NC(=O)C[C@@H]5N=C(c6ccc(Cl)cc6)c6c(sc(C)c6C)-n6c(C)nnc65)C4)c3)cn2)C(C)(C)C)cc1. The molecule has 18 heteroatoms. The first kappa shape index (κ1) is 50.0. The molecule has 3 amide bonds. The number of aromatic nitrogens is 7.